The lowest BCUT2D eigenvalue weighted by Crippen LogP contribution is -2.21. The first-order valence-electron chi connectivity index (χ1n) is 8.13. The summed E-state index contributed by atoms with van der Waals surface area (Å²) in [7, 11) is -3.55. The molecule has 0 aliphatic carbocycles. The predicted molar refractivity (Wildman–Crippen MR) is 102 cm³/mol. The fourth-order valence-electron chi connectivity index (χ4n) is 2.57. The fraction of sp³-hybridized carbons (Fsp3) is 0.222. The standard InChI is InChI=1S/C18H17ClN2O5S/c1-3-12-10-11(2)26-17-15(12)16(22)20-18(21-17)25-8-9-27(23,24)14-6-4-13(19)5-7-14/h4-7,10H,2-3,8-9H2,1H3,(H,20,21,22). The van der Waals surface area contributed by atoms with Crippen LogP contribution in [0.5, 0.6) is 11.9 Å². The van der Waals surface area contributed by atoms with E-state index >= 15 is 0 Å². The molecule has 0 bridgehead atoms. The van der Waals surface area contributed by atoms with E-state index in [1.807, 2.05) is 6.92 Å². The van der Waals surface area contributed by atoms with E-state index in [-0.39, 0.29) is 29.1 Å². The minimum atomic E-state index is -3.55. The Hall–Kier alpha value is -2.58. The molecule has 2 heterocycles. The van der Waals surface area contributed by atoms with E-state index in [1.54, 1.807) is 6.08 Å². The molecule has 1 aliphatic rings. The second-order valence-electron chi connectivity index (χ2n) is 5.76. The minimum Gasteiger partial charge on any atom is -0.464 e. The summed E-state index contributed by atoms with van der Waals surface area (Å²) < 4.78 is 35.3. The summed E-state index contributed by atoms with van der Waals surface area (Å²) in [5, 5.41) is 0.447. The van der Waals surface area contributed by atoms with Crippen molar-refractivity contribution in [3.8, 4) is 11.9 Å². The SMILES string of the molecule is C=C1C=C(CC)c2c(nc(OCCS(=O)(=O)c3ccc(Cl)cc3)[nH]c2=O)O1. The van der Waals surface area contributed by atoms with Gasteiger partial charge in [-0.2, -0.15) is 4.98 Å². The van der Waals surface area contributed by atoms with Crippen LogP contribution in [0.2, 0.25) is 5.02 Å². The lowest BCUT2D eigenvalue weighted by atomic mass is 10.0. The van der Waals surface area contributed by atoms with Crippen molar-refractivity contribution >= 4 is 27.0 Å². The average molecular weight is 409 g/mol. The Kier molecular flexibility index (Phi) is 5.38. The number of hydrogen-bond donors (Lipinski definition) is 1. The Balaban J connectivity index is 1.74. The van der Waals surface area contributed by atoms with Crippen molar-refractivity contribution in [2.75, 3.05) is 12.4 Å². The van der Waals surface area contributed by atoms with E-state index in [1.165, 1.54) is 24.3 Å². The summed E-state index contributed by atoms with van der Waals surface area (Å²) in [6.45, 7) is 5.44. The molecular formula is C18H17ClN2O5S. The van der Waals surface area contributed by atoms with Gasteiger partial charge in [0, 0.05) is 5.02 Å². The van der Waals surface area contributed by atoms with Gasteiger partial charge in [-0.3, -0.25) is 9.78 Å². The van der Waals surface area contributed by atoms with Gasteiger partial charge in [-0.15, -0.1) is 0 Å². The van der Waals surface area contributed by atoms with Crippen molar-refractivity contribution in [3.05, 3.63) is 63.6 Å². The highest BCUT2D eigenvalue weighted by molar-refractivity contribution is 7.91. The number of hydrogen-bond acceptors (Lipinski definition) is 6. The van der Waals surface area contributed by atoms with Gasteiger partial charge in [-0.1, -0.05) is 25.1 Å². The number of fused-ring (bicyclic) bond motifs is 1. The monoisotopic (exact) mass is 408 g/mol. The molecule has 0 fully saturated rings. The number of aromatic nitrogens is 2. The van der Waals surface area contributed by atoms with E-state index in [4.69, 9.17) is 21.1 Å². The average Bonchev–Trinajstić information content (AvgIpc) is 2.60. The van der Waals surface area contributed by atoms with E-state index in [2.05, 4.69) is 16.5 Å². The van der Waals surface area contributed by atoms with E-state index < -0.39 is 15.4 Å². The van der Waals surface area contributed by atoms with Crippen LogP contribution in [-0.4, -0.2) is 30.7 Å². The normalized spacial score (nSPS) is 13.6. The molecule has 2 aromatic rings. The predicted octanol–water partition coefficient (Wildman–Crippen LogP) is 2.98. The molecule has 1 aliphatic heterocycles. The maximum Gasteiger partial charge on any atom is 0.299 e. The number of nitrogens with one attached hydrogen (secondary N) is 1. The molecule has 1 N–H and O–H groups in total. The number of sulfone groups is 1. The van der Waals surface area contributed by atoms with Crippen LogP contribution in [0.25, 0.3) is 5.57 Å². The molecule has 142 valence electrons. The summed E-state index contributed by atoms with van der Waals surface area (Å²) in [6, 6.07) is 5.74. The number of ether oxygens (including phenoxy) is 2. The van der Waals surface area contributed by atoms with Gasteiger partial charge in [-0.25, -0.2) is 8.42 Å². The molecule has 0 saturated carbocycles. The largest absolute Gasteiger partial charge is 0.464 e. The van der Waals surface area contributed by atoms with Gasteiger partial charge in [0.2, 0.25) is 5.88 Å². The van der Waals surface area contributed by atoms with E-state index in [0.717, 1.165) is 5.57 Å². The summed E-state index contributed by atoms with van der Waals surface area (Å²) >= 11 is 5.77. The molecular weight excluding hydrogens is 392 g/mol. The van der Waals surface area contributed by atoms with Crippen LogP contribution in [0.3, 0.4) is 0 Å². The van der Waals surface area contributed by atoms with Gasteiger partial charge in [0.15, 0.2) is 9.84 Å². The summed E-state index contributed by atoms with van der Waals surface area (Å²) in [5.41, 5.74) is 0.661. The second-order valence-corrected chi connectivity index (χ2v) is 8.31. The van der Waals surface area contributed by atoms with Crippen LogP contribution in [0, 0.1) is 0 Å². The molecule has 0 amide bonds. The van der Waals surface area contributed by atoms with Gasteiger partial charge < -0.3 is 9.47 Å². The number of H-pyrrole nitrogens is 1. The van der Waals surface area contributed by atoms with Crippen LogP contribution in [0.4, 0.5) is 0 Å². The summed E-state index contributed by atoms with van der Waals surface area (Å²) in [4.78, 5) is 19.1. The maximum atomic E-state index is 12.3. The quantitative estimate of drug-likeness (QED) is 0.788. The van der Waals surface area contributed by atoms with E-state index in [0.29, 0.717) is 22.8 Å². The third-order valence-electron chi connectivity index (χ3n) is 3.89. The first kappa shape index (κ1) is 19.2. The molecule has 0 atom stereocenters. The lowest BCUT2D eigenvalue weighted by molar-refractivity contribution is 0.303. The first-order valence-corrected chi connectivity index (χ1v) is 10.2. The number of nitrogens with zero attached hydrogens (tertiary/aromatic N) is 1. The summed E-state index contributed by atoms with van der Waals surface area (Å²) in [5.74, 6) is 0.177. The highest BCUT2D eigenvalue weighted by atomic mass is 35.5. The zero-order chi connectivity index (χ0) is 19.6. The highest BCUT2D eigenvalue weighted by Crippen LogP contribution is 2.31. The topological polar surface area (TPSA) is 98.4 Å². The maximum absolute atomic E-state index is 12.3. The van der Waals surface area contributed by atoms with Crippen molar-refractivity contribution in [2.24, 2.45) is 0 Å². The smallest absolute Gasteiger partial charge is 0.299 e. The van der Waals surface area contributed by atoms with Crippen molar-refractivity contribution in [3.63, 3.8) is 0 Å². The Morgan fingerprint density at radius 1 is 1.30 bits per heavy atom. The molecule has 0 saturated heterocycles. The molecule has 3 rings (SSSR count). The Bertz CT molecular complexity index is 1070. The molecule has 0 spiro atoms. The fourth-order valence-corrected chi connectivity index (χ4v) is 3.78. The van der Waals surface area contributed by atoms with Crippen molar-refractivity contribution in [1.29, 1.82) is 0 Å². The number of benzene rings is 1. The zero-order valence-corrected chi connectivity index (χ0v) is 16.1. The van der Waals surface area contributed by atoms with Crippen molar-refractivity contribution < 1.29 is 17.9 Å². The third-order valence-corrected chi connectivity index (χ3v) is 5.84. The van der Waals surface area contributed by atoms with Crippen LogP contribution in [0.15, 0.2) is 52.4 Å². The number of allylic oxidation sites excluding steroid dienone is 2. The molecule has 1 aromatic heterocycles. The number of aromatic amines is 1. The van der Waals surface area contributed by atoms with Crippen LogP contribution in [0.1, 0.15) is 18.9 Å². The lowest BCUT2D eigenvalue weighted by Gasteiger charge is -2.17. The molecule has 0 unspecified atom stereocenters. The van der Waals surface area contributed by atoms with Crippen molar-refractivity contribution in [2.45, 2.75) is 18.2 Å². The highest BCUT2D eigenvalue weighted by Gasteiger charge is 2.22. The van der Waals surface area contributed by atoms with Crippen molar-refractivity contribution in [1.82, 2.24) is 9.97 Å². The third kappa shape index (κ3) is 4.23. The second kappa shape index (κ2) is 7.58. The van der Waals surface area contributed by atoms with Crippen LogP contribution >= 0.6 is 11.6 Å². The number of rotatable bonds is 6. The molecule has 27 heavy (non-hydrogen) atoms. The number of halogens is 1. The zero-order valence-electron chi connectivity index (χ0n) is 14.5. The van der Waals surface area contributed by atoms with E-state index in [9.17, 15) is 13.2 Å². The molecule has 7 nitrogen and oxygen atoms in total. The Morgan fingerprint density at radius 3 is 2.67 bits per heavy atom. The van der Waals surface area contributed by atoms with Gasteiger partial charge in [0.05, 0.1) is 10.6 Å². The van der Waals surface area contributed by atoms with Crippen LogP contribution in [-0.2, 0) is 9.84 Å². The molecule has 9 heteroatoms. The molecule has 1 aromatic carbocycles. The Morgan fingerprint density at radius 2 is 2.00 bits per heavy atom. The van der Waals surface area contributed by atoms with Gasteiger partial charge in [-0.05, 0) is 42.3 Å². The minimum absolute atomic E-state index is 0.0960. The molecule has 0 radical (unpaired) electrons. The van der Waals surface area contributed by atoms with Crippen LogP contribution < -0.4 is 15.0 Å². The van der Waals surface area contributed by atoms with Gasteiger partial charge in [0.1, 0.15) is 17.9 Å². The van der Waals surface area contributed by atoms with Gasteiger partial charge >= 0.3 is 0 Å². The first-order chi connectivity index (χ1) is 12.8. The summed E-state index contributed by atoms with van der Waals surface area (Å²) in [6.07, 6.45) is 2.29. The van der Waals surface area contributed by atoms with Gasteiger partial charge in [0.25, 0.3) is 11.6 Å². The Labute approximate surface area is 161 Å².